The van der Waals surface area contributed by atoms with Gasteiger partial charge in [-0.15, -0.1) is 11.3 Å². The van der Waals surface area contributed by atoms with Crippen LogP contribution >= 0.6 is 46.3 Å². The molecule has 174 valence electrons. The van der Waals surface area contributed by atoms with Crippen molar-refractivity contribution >= 4 is 74.9 Å². The first-order valence-electron chi connectivity index (χ1n) is 9.93. The van der Waals surface area contributed by atoms with E-state index in [0.29, 0.717) is 36.6 Å². The topological polar surface area (TPSA) is 68.2 Å². The third kappa shape index (κ3) is 5.31. The molecule has 1 aliphatic heterocycles. The molecule has 0 saturated heterocycles. The van der Waals surface area contributed by atoms with E-state index in [4.69, 9.17) is 32.7 Å². The van der Waals surface area contributed by atoms with Crippen molar-refractivity contribution in [3.63, 3.8) is 0 Å². The van der Waals surface area contributed by atoms with Gasteiger partial charge in [-0.1, -0.05) is 47.1 Å². The van der Waals surface area contributed by atoms with Crippen LogP contribution in [0.2, 0.25) is 9.36 Å². The molecule has 0 atom stereocenters. The van der Waals surface area contributed by atoms with E-state index in [0.717, 1.165) is 5.56 Å². The number of benzene rings is 2. The zero-order valence-electron chi connectivity index (χ0n) is 18.1. The van der Waals surface area contributed by atoms with Gasteiger partial charge in [0.2, 0.25) is 0 Å². The number of halogens is 2. The molecule has 1 aromatic heterocycles. The van der Waals surface area contributed by atoms with Crippen molar-refractivity contribution in [2.75, 3.05) is 24.9 Å². The molecule has 0 radical (unpaired) electrons. The summed E-state index contributed by atoms with van der Waals surface area (Å²) in [5, 5.41) is 0.799. The van der Waals surface area contributed by atoms with E-state index < -0.39 is 0 Å². The summed E-state index contributed by atoms with van der Waals surface area (Å²) in [5.41, 5.74) is 1.56. The summed E-state index contributed by atoms with van der Waals surface area (Å²) in [4.78, 5) is 32.6. The average molecular weight is 533 g/mol. The molecule has 1 aliphatic rings. The lowest BCUT2D eigenvalue weighted by atomic mass is 10.2. The predicted molar refractivity (Wildman–Crippen MR) is 140 cm³/mol. The maximum absolute atomic E-state index is 13.4. The number of carbonyl (C=O) groups excluding carboxylic acids is 2. The van der Waals surface area contributed by atoms with Crippen molar-refractivity contribution in [1.29, 1.82) is 0 Å². The molecule has 6 nitrogen and oxygen atoms in total. The fraction of sp³-hybridized carbons (Fsp3) is 0.125. The van der Waals surface area contributed by atoms with Crippen LogP contribution in [0.15, 0.2) is 65.3 Å². The molecule has 0 saturated carbocycles. The van der Waals surface area contributed by atoms with Gasteiger partial charge in [-0.05, 0) is 48.0 Å². The number of rotatable bonds is 7. The number of aliphatic imine (C=N–C) groups is 1. The number of carbonyl (C=O) groups is 2. The molecule has 0 spiro atoms. The van der Waals surface area contributed by atoms with E-state index in [1.54, 1.807) is 55.7 Å². The SMILES string of the molecule is COc1ccc(/C=C2\N=C(SCC(=O)c3ccc(Cl)s3)N(c3ccc(Cl)c(OC)c3)C2=O)cc1. The molecular weight excluding hydrogens is 515 g/mol. The summed E-state index contributed by atoms with van der Waals surface area (Å²) in [6.45, 7) is 0. The van der Waals surface area contributed by atoms with Crippen molar-refractivity contribution in [2.24, 2.45) is 4.99 Å². The van der Waals surface area contributed by atoms with Crippen molar-refractivity contribution in [3.05, 3.63) is 80.1 Å². The number of hydrogen-bond acceptors (Lipinski definition) is 7. The molecule has 34 heavy (non-hydrogen) atoms. The van der Waals surface area contributed by atoms with Crippen LogP contribution in [0.3, 0.4) is 0 Å². The van der Waals surface area contributed by atoms with E-state index in [9.17, 15) is 9.59 Å². The minimum Gasteiger partial charge on any atom is -0.497 e. The van der Waals surface area contributed by atoms with Gasteiger partial charge in [-0.25, -0.2) is 4.99 Å². The van der Waals surface area contributed by atoms with Gasteiger partial charge in [0.25, 0.3) is 5.91 Å². The van der Waals surface area contributed by atoms with E-state index >= 15 is 0 Å². The standard InChI is InChI=1S/C24H18Cl2N2O4S2/c1-31-16-6-3-14(4-7-16)11-18-23(30)28(15-5-8-17(25)20(12-15)32-2)24(27-18)33-13-19(29)21-9-10-22(26)34-21/h3-12H,13H2,1-2H3/b18-11-. The number of nitrogens with zero attached hydrogens (tertiary/aromatic N) is 2. The summed E-state index contributed by atoms with van der Waals surface area (Å²) in [5.74, 6) is 0.808. The lowest BCUT2D eigenvalue weighted by Crippen LogP contribution is -2.30. The van der Waals surface area contributed by atoms with Crippen molar-refractivity contribution in [1.82, 2.24) is 0 Å². The summed E-state index contributed by atoms with van der Waals surface area (Å²) in [6, 6.07) is 15.7. The Balaban J connectivity index is 1.66. The number of ether oxygens (including phenoxy) is 2. The number of methoxy groups -OCH3 is 2. The van der Waals surface area contributed by atoms with Crippen molar-refractivity contribution < 1.29 is 19.1 Å². The molecule has 2 aromatic carbocycles. The van der Waals surface area contributed by atoms with Crippen LogP contribution < -0.4 is 14.4 Å². The zero-order valence-corrected chi connectivity index (χ0v) is 21.2. The van der Waals surface area contributed by atoms with Crippen LogP contribution in [0.5, 0.6) is 11.5 Å². The van der Waals surface area contributed by atoms with Gasteiger partial charge in [-0.2, -0.15) is 0 Å². The van der Waals surface area contributed by atoms with Crippen LogP contribution in [0.25, 0.3) is 6.08 Å². The molecule has 2 heterocycles. The van der Waals surface area contributed by atoms with Gasteiger partial charge in [0.05, 0.1) is 39.9 Å². The first-order valence-corrected chi connectivity index (χ1v) is 12.5. The van der Waals surface area contributed by atoms with Gasteiger partial charge in [0.15, 0.2) is 11.0 Å². The maximum atomic E-state index is 13.4. The first-order chi connectivity index (χ1) is 16.4. The first kappa shape index (κ1) is 24.3. The van der Waals surface area contributed by atoms with E-state index in [1.807, 2.05) is 12.1 Å². The average Bonchev–Trinajstić information content (AvgIpc) is 3.41. The van der Waals surface area contributed by atoms with E-state index in [-0.39, 0.29) is 23.1 Å². The number of thiophene rings is 1. The summed E-state index contributed by atoms with van der Waals surface area (Å²) in [7, 11) is 3.09. The summed E-state index contributed by atoms with van der Waals surface area (Å²) in [6.07, 6.45) is 1.69. The largest absolute Gasteiger partial charge is 0.497 e. The molecule has 0 aliphatic carbocycles. The Labute approximate surface area is 214 Å². The van der Waals surface area contributed by atoms with Crippen molar-refractivity contribution in [2.45, 2.75) is 0 Å². The summed E-state index contributed by atoms with van der Waals surface area (Å²) < 4.78 is 11.0. The molecular formula is C24H18Cl2N2O4S2. The number of amides is 1. The minimum absolute atomic E-state index is 0.0972. The molecule has 3 aromatic rings. The molecule has 0 bridgehead atoms. The normalized spacial score (nSPS) is 14.5. The fourth-order valence-electron chi connectivity index (χ4n) is 3.13. The van der Waals surface area contributed by atoms with Gasteiger partial charge >= 0.3 is 0 Å². The van der Waals surface area contributed by atoms with Crippen molar-refractivity contribution in [3.8, 4) is 11.5 Å². The smallest absolute Gasteiger partial charge is 0.283 e. The number of amidine groups is 1. The fourth-order valence-corrected chi connectivity index (χ4v) is 5.29. The number of anilines is 1. The minimum atomic E-state index is -0.325. The monoisotopic (exact) mass is 532 g/mol. The highest BCUT2D eigenvalue weighted by Gasteiger charge is 2.33. The second-order valence-corrected chi connectivity index (χ2v) is 10.0. The number of hydrogen-bond donors (Lipinski definition) is 0. The predicted octanol–water partition coefficient (Wildman–Crippen LogP) is 6.43. The van der Waals surface area contributed by atoms with Gasteiger partial charge in [0, 0.05) is 6.07 Å². The van der Waals surface area contributed by atoms with E-state index in [2.05, 4.69) is 4.99 Å². The Hall–Kier alpha value is -2.78. The Morgan fingerprint density at radius 1 is 1.09 bits per heavy atom. The Morgan fingerprint density at radius 3 is 2.50 bits per heavy atom. The number of thioether (sulfide) groups is 1. The molecule has 0 unspecified atom stereocenters. The third-order valence-corrected chi connectivity index (χ3v) is 7.35. The Morgan fingerprint density at radius 2 is 1.85 bits per heavy atom. The van der Waals surface area contributed by atoms with Crippen LogP contribution in [-0.2, 0) is 4.79 Å². The Kier molecular flexibility index (Phi) is 7.63. The molecule has 4 rings (SSSR count). The molecule has 0 N–H and O–H groups in total. The van der Waals surface area contributed by atoms with Gasteiger partial charge in [-0.3, -0.25) is 14.5 Å². The van der Waals surface area contributed by atoms with Gasteiger partial charge in [0.1, 0.15) is 17.2 Å². The van der Waals surface area contributed by atoms with Crippen LogP contribution in [0.1, 0.15) is 15.2 Å². The molecule has 0 fully saturated rings. The number of ketones is 1. The highest BCUT2D eigenvalue weighted by atomic mass is 35.5. The van der Waals surface area contributed by atoms with Crippen LogP contribution in [-0.4, -0.2) is 36.8 Å². The highest BCUT2D eigenvalue weighted by molar-refractivity contribution is 8.14. The quantitative estimate of drug-likeness (QED) is 0.259. The highest BCUT2D eigenvalue weighted by Crippen LogP contribution is 2.35. The number of Topliss-reactive ketones (excluding diaryl/α,β-unsaturated/α-hetero) is 1. The van der Waals surface area contributed by atoms with Crippen LogP contribution in [0.4, 0.5) is 5.69 Å². The molecule has 1 amide bonds. The lowest BCUT2D eigenvalue weighted by Gasteiger charge is -2.18. The maximum Gasteiger partial charge on any atom is 0.283 e. The zero-order chi connectivity index (χ0) is 24.2. The second-order valence-electron chi connectivity index (χ2n) is 6.97. The third-order valence-electron chi connectivity index (χ3n) is 4.82. The van der Waals surface area contributed by atoms with Gasteiger partial charge < -0.3 is 9.47 Å². The summed E-state index contributed by atoms with van der Waals surface area (Å²) >= 11 is 14.5. The van der Waals surface area contributed by atoms with Crippen LogP contribution in [0, 0.1) is 0 Å². The Bertz CT molecular complexity index is 1300. The van der Waals surface area contributed by atoms with E-state index in [1.165, 1.54) is 35.1 Å². The second kappa shape index (κ2) is 10.7. The molecule has 10 heteroatoms. The lowest BCUT2D eigenvalue weighted by molar-refractivity contribution is -0.113.